The molecule has 0 saturated heterocycles. The lowest BCUT2D eigenvalue weighted by atomic mass is 9.98. The molecule has 1 heterocycles. The number of tetrazole rings is 1. The lowest BCUT2D eigenvalue weighted by Crippen LogP contribution is -2.23. The topological polar surface area (TPSA) is 64.9 Å². The zero-order chi connectivity index (χ0) is 13.1. The first-order valence-corrected chi connectivity index (χ1v) is 7.33. The van der Waals surface area contributed by atoms with Crippen molar-refractivity contribution in [2.45, 2.75) is 38.8 Å². The molecule has 0 aliphatic heterocycles. The van der Waals surface area contributed by atoms with Gasteiger partial charge < -0.3 is 10.1 Å². The Morgan fingerprint density at radius 1 is 1.32 bits per heavy atom. The number of nitrogens with one attached hydrogen (secondary N) is 1. The number of rotatable bonds is 9. The van der Waals surface area contributed by atoms with Crippen LogP contribution in [-0.4, -0.2) is 40.5 Å². The third-order valence-corrected chi connectivity index (χ3v) is 4.21. The number of hydrogen-bond donors (Lipinski definition) is 1. The molecule has 0 radical (unpaired) electrons. The van der Waals surface area contributed by atoms with Crippen LogP contribution in [0.3, 0.4) is 0 Å². The summed E-state index contributed by atoms with van der Waals surface area (Å²) in [7, 11) is 1.71. The van der Waals surface area contributed by atoms with Crippen LogP contribution in [0.15, 0.2) is 0 Å². The molecule has 1 N–H and O–H groups in total. The van der Waals surface area contributed by atoms with Crippen LogP contribution in [0.5, 0.6) is 0 Å². The molecule has 2 fully saturated rings. The Labute approximate surface area is 113 Å². The van der Waals surface area contributed by atoms with Crippen molar-refractivity contribution < 1.29 is 4.74 Å². The third kappa shape index (κ3) is 3.51. The van der Waals surface area contributed by atoms with Crippen LogP contribution in [0.4, 0.5) is 0 Å². The standard InChI is InChI=1S/C13H23N5O/c1-19-7-6-14-8-13-15-16-17-18(13)9-12(10-2-3-10)11-4-5-11/h10-12,14H,2-9H2,1H3. The molecule has 0 amide bonds. The maximum absolute atomic E-state index is 5.01. The van der Waals surface area contributed by atoms with Crippen LogP contribution in [0.25, 0.3) is 0 Å². The number of aromatic nitrogens is 4. The highest BCUT2D eigenvalue weighted by molar-refractivity contribution is 4.92. The molecule has 2 saturated carbocycles. The first kappa shape index (κ1) is 13.0. The van der Waals surface area contributed by atoms with Gasteiger partial charge in [-0.2, -0.15) is 0 Å². The second-order valence-corrected chi connectivity index (χ2v) is 5.79. The van der Waals surface area contributed by atoms with E-state index in [1.54, 1.807) is 7.11 Å². The van der Waals surface area contributed by atoms with E-state index in [1.807, 2.05) is 4.68 Å². The van der Waals surface area contributed by atoms with Crippen LogP contribution in [0, 0.1) is 17.8 Å². The Hall–Kier alpha value is -1.01. The molecule has 106 valence electrons. The van der Waals surface area contributed by atoms with Crippen molar-refractivity contribution in [3.63, 3.8) is 0 Å². The molecule has 1 aromatic rings. The van der Waals surface area contributed by atoms with E-state index in [4.69, 9.17) is 4.74 Å². The fourth-order valence-corrected chi connectivity index (χ4v) is 2.80. The Morgan fingerprint density at radius 3 is 2.68 bits per heavy atom. The molecule has 6 nitrogen and oxygen atoms in total. The molecule has 19 heavy (non-hydrogen) atoms. The van der Waals surface area contributed by atoms with Gasteiger partial charge in [0.1, 0.15) is 0 Å². The maximum Gasteiger partial charge on any atom is 0.165 e. The van der Waals surface area contributed by atoms with Gasteiger partial charge in [-0.15, -0.1) is 5.10 Å². The van der Waals surface area contributed by atoms with Crippen LogP contribution >= 0.6 is 0 Å². The van der Waals surface area contributed by atoms with Gasteiger partial charge in [0.2, 0.25) is 0 Å². The van der Waals surface area contributed by atoms with Gasteiger partial charge in [-0.1, -0.05) is 0 Å². The lowest BCUT2D eigenvalue weighted by Gasteiger charge is -2.15. The smallest absolute Gasteiger partial charge is 0.165 e. The van der Waals surface area contributed by atoms with E-state index in [2.05, 4.69) is 20.8 Å². The number of methoxy groups -OCH3 is 1. The van der Waals surface area contributed by atoms with Crippen LogP contribution in [-0.2, 0) is 17.8 Å². The number of ether oxygens (including phenoxy) is 1. The molecule has 0 unspecified atom stereocenters. The number of hydrogen-bond acceptors (Lipinski definition) is 5. The van der Waals surface area contributed by atoms with Crippen molar-refractivity contribution in [1.82, 2.24) is 25.5 Å². The summed E-state index contributed by atoms with van der Waals surface area (Å²) >= 11 is 0. The molecule has 3 rings (SSSR count). The summed E-state index contributed by atoms with van der Waals surface area (Å²) in [6.07, 6.45) is 5.63. The minimum absolute atomic E-state index is 0.717. The van der Waals surface area contributed by atoms with E-state index in [0.29, 0.717) is 6.61 Å². The highest BCUT2D eigenvalue weighted by Crippen LogP contribution is 2.49. The summed E-state index contributed by atoms with van der Waals surface area (Å²) < 4.78 is 7.02. The Kier molecular flexibility index (Phi) is 4.08. The predicted molar refractivity (Wildman–Crippen MR) is 70.3 cm³/mol. The van der Waals surface area contributed by atoms with E-state index in [1.165, 1.54) is 25.7 Å². The van der Waals surface area contributed by atoms with Gasteiger partial charge in [-0.05, 0) is 53.9 Å². The summed E-state index contributed by atoms with van der Waals surface area (Å²) in [6, 6.07) is 0. The fraction of sp³-hybridized carbons (Fsp3) is 0.923. The normalized spacial score (nSPS) is 19.3. The van der Waals surface area contributed by atoms with Crippen molar-refractivity contribution in [2.75, 3.05) is 20.3 Å². The molecule has 0 aromatic carbocycles. The van der Waals surface area contributed by atoms with Gasteiger partial charge in [0.15, 0.2) is 5.82 Å². The average molecular weight is 265 g/mol. The van der Waals surface area contributed by atoms with E-state index >= 15 is 0 Å². The minimum Gasteiger partial charge on any atom is -0.383 e. The monoisotopic (exact) mass is 265 g/mol. The molecule has 0 spiro atoms. The van der Waals surface area contributed by atoms with Gasteiger partial charge in [-0.3, -0.25) is 0 Å². The molecular weight excluding hydrogens is 242 g/mol. The van der Waals surface area contributed by atoms with E-state index < -0.39 is 0 Å². The first-order valence-electron chi connectivity index (χ1n) is 7.33. The van der Waals surface area contributed by atoms with Crippen molar-refractivity contribution in [3.8, 4) is 0 Å². The zero-order valence-electron chi connectivity index (χ0n) is 11.6. The Bertz CT molecular complexity index is 387. The fourth-order valence-electron chi connectivity index (χ4n) is 2.80. The van der Waals surface area contributed by atoms with Crippen molar-refractivity contribution >= 4 is 0 Å². The molecule has 2 aliphatic carbocycles. The largest absolute Gasteiger partial charge is 0.383 e. The third-order valence-electron chi connectivity index (χ3n) is 4.21. The summed E-state index contributed by atoms with van der Waals surface area (Å²) in [5, 5.41) is 15.4. The molecule has 2 aliphatic rings. The molecular formula is C13H23N5O. The summed E-state index contributed by atoms with van der Waals surface area (Å²) in [5.41, 5.74) is 0. The molecule has 0 bridgehead atoms. The predicted octanol–water partition coefficient (Wildman–Crippen LogP) is 0.845. The second-order valence-electron chi connectivity index (χ2n) is 5.79. The van der Waals surface area contributed by atoms with Gasteiger partial charge >= 0.3 is 0 Å². The van der Waals surface area contributed by atoms with Crippen molar-refractivity contribution in [1.29, 1.82) is 0 Å². The van der Waals surface area contributed by atoms with E-state index in [9.17, 15) is 0 Å². The van der Waals surface area contributed by atoms with Crippen molar-refractivity contribution in [2.24, 2.45) is 17.8 Å². The maximum atomic E-state index is 5.01. The zero-order valence-corrected chi connectivity index (χ0v) is 11.6. The Balaban J connectivity index is 1.53. The van der Waals surface area contributed by atoms with Gasteiger partial charge in [0.05, 0.1) is 13.2 Å². The minimum atomic E-state index is 0.717. The Morgan fingerprint density at radius 2 is 2.05 bits per heavy atom. The summed E-state index contributed by atoms with van der Waals surface area (Å²) in [5.74, 6) is 3.63. The van der Waals surface area contributed by atoms with Crippen molar-refractivity contribution in [3.05, 3.63) is 5.82 Å². The lowest BCUT2D eigenvalue weighted by molar-refractivity contribution is 0.198. The SMILES string of the molecule is COCCNCc1nnnn1CC(C1CC1)C1CC1. The average Bonchev–Trinajstić information content (AvgIpc) is 3.32. The van der Waals surface area contributed by atoms with E-state index in [0.717, 1.165) is 43.2 Å². The first-order chi connectivity index (χ1) is 9.38. The van der Waals surface area contributed by atoms with Gasteiger partial charge in [0.25, 0.3) is 0 Å². The molecule has 6 heteroatoms. The second kappa shape index (κ2) is 5.96. The van der Waals surface area contributed by atoms with Gasteiger partial charge in [-0.25, -0.2) is 4.68 Å². The highest BCUT2D eigenvalue weighted by Gasteiger charge is 2.41. The van der Waals surface area contributed by atoms with Gasteiger partial charge in [0, 0.05) is 20.2 Å². The van der Waals surface area contributed by atoms with Crippen LogP contribution in [0.1, 0.15) is 31.5 Å². The van der Waals surface area contributed by atoms with Crippen LogP contribution < -0.4 is 5.32 Å². The highest BCUT2D eigenvalue weighted by atomic mass is 16.5. The van der Waals surface area contributed by atoms with E-state index in [-0.39, 0.29) is 0 Å². The summed E-state index contributed by atoms with van der Waals surface area (Å²) in [4.78, 5) is 0. The molecule has 0 atom stereocenters. The summed E-state index contributed by atoms with van der Waals surface area (Å²) in [6.45, 7) is 3.27. The van der Waals surface area contributed by atoms with Crippen LogP contribution in [0.2, 0.25) is 0 Å². The number of nitrogens with zero attached hydrogens (tertiary/aromatic N) is 4. The quantitative estimate of drug-likeness (QED) is 0.670. The molecule has 1 aromatic heterocycles.